The van der Waals surface area contributed by atoms with E-state index in [0.29, 0.717) is 44.9 Å². The van der Waals surface area contributed by atoms with E-state index in [0.717, 1.165) is 12.7 Å². The Morgan fingerprint density at radius 3 is 1.67 bits per heavy atom. The molecule has 0 aromatic heterocycles. The average Bonchev–Trinajstić information content (AvgIpc) is 2.72. The van der Waals surface area contributed by atoms with Gasteiger partial charge in [-0.15, -0.1) is 0 Å². The van der Waals surface area contributed by atoms with Gasteiger partial charge in [0, 0.05) is 34.0 Å². The number of carbonyl (C=O) groups is 1. The minimum atomic E-state index is -1.87. The van der Waals surface area contributed by atoms with Crippen LogP contribution in [-0.2, 0) is 4.79 Å². The summed E-state index contributed by atoms with van der Waals surface area (Å²) in [4.78, 5) is 42.0. The van der Waals surface area contributed by atoms with Crippen LogP contribution in [0.15, 0.2) is 0 Å². The number of rotatable bonds is 21. The number of aliphatic hydroxyl groups is 3. The highest BCUT2D eigenvalue weighted by molar-refractivity contribution is 5.48. The molecule has 13 nitrogen and oxygen atoms in total. The van der Waals surface area contributed by atoms with Crippen molar-refractivity contribution in [1.82, 2.24) is 0 Å². The number of aliphatic hydroxyl groups excluding tert-OH is 3. The lowest BCUT2D eigenvalue weighted by molar-refractivity contribution is -0.574. The molecule has 0 saturated carbocycles. The van der Waals surface area contributed by atoms with Crippen LogP contribution < -0.4 is 0 Å². The molecule has 0 saturated heterocycles. The Kier molecular flexibility index (Phi) is 16.1. The topological polar surface area (TPSA) is 207 Å². The van der Waals surface area contributed by atoms with Gasteiger partial charge in [0.2, 0.25) is 18.1 Å². The standard InChI is InChI=1S/C20H37N3O10/c1-2-3-7-10-15(21(28)29)19(26)14-20(27)17(23(32)33)13-16(22(30)31)18(25)11-8-5-4-6-9-12-24/h12,15-20,25-27H,2-11,13-14H2,1H3. The Balaban J connectivity index is 5.05. The molecule has 0 bridgehead atoms. The van der Waals surface area contributed by atoms with Crippen LogP contribution in [-0.4, -0.2) is 72.8 Å². The molecule has 0 radical (unpaired) electrons. The molecular weight excluding hydrogens is 442 g/mol. The third kappa shape index (κ3) is 12.5. The van der Waals surface area contributed by atoms with Crippen molar-refractivity contribution in [3.8, 4) is 0 Å². The van der Waals surface area contributed by atoms with E-state index in [2.05, 4.69) is 0 Å². The summed E-state index contributed by atoms with van der Waals surface area (Å²) in [5.74, 6) is 0. The van der Waals surface area contributed by atoms with Crippen molar-refractivity contribution < 1.29 is 34.9 Å². The van der Waals surface area contributed by atoms with E-state index in [4.69, 9.17) is 0 Å². The zero-order valence-electron chi connectivity index (χ0n) is 19.1. The normalized spacial score (nSPS) is 16.8. The minimum absolute atomic E-state index is 0.0245. The van der Waals surface area contributed by atoms with E-state index >= 15 is 0 Å². The van der Waals surface area contributed by atoms with E-state index in [1.165, 1.54) is 0 Å². The summed E-state index contributed by atoms with van der Waals surface area (Å²) >= 11 is 0. The highest BCUT2D eigenvalue weighted by Gasteiger charge is 2.43. The molecule has 33 heavy (non-hydrogen) atoms. The molecule has 0 aliphatic rings. The fourth-order valence-electron chi connectivity index (χ4n) is 3.75. The van der Waals surface area contributed by atoms with E-state index < -0.39 is 64.0 Å². The Labute approximate surface area is 192 Å². The second kappa shape index (κ2) is 17.3. The van der Waals surface area contributed by atoms with Crippen LogP contribution in [0, 0.1) is 30.3 Å². The summed E-state index contributed by atoms with van der Waals surface area (Å²) in [7, 11) is 0. The predicted molar refractivity (Wildman–Crippen MR) is 118 cm³/mol. The van der Waals surface area contributed by atoms with Crippen LogP contribution >= 0.6 is 0 Å². The number of nitro groups is 3. The van der Waals surface area contributed by atoms with E-state index in [1.54, 1.807) is 0 Å². The van der Waals surface area contributed by atoms with Crippen LogP contribution in [0.5, 0.6) is 0 Å². The number of hydrogen-bond donors (Lipinski definition) is 3. The Hall–Kier alpha value is -2.25. The third-order valence-corrected chi connectivity index (χ3v) is 5.79. The number of hydrogen-bond acceptors (Lipinski definition) is 10. The van der Waals surface area contributed by atoms with Gasteiger partial charge in [-0.25, -0.2) is 0 Å². The molecule has 0 rings (SSSR count). The number of unbranched alkanes of at least 4 members (excludes halogenated alkanes) is 6. The maximum absolute atomic E-state index is 11.5. The zero-order valence-corrected chi connectivity index (χ0v) is 19.1. The second-order valence-corrected chi connectivity index (χ2v) is 8.39. The summed E-state index contributed by atoms with van der Waals surface area (Å²) in [5.41, 5.74) is 0. The summed E-state index contributed by atoms with van der Waals surface area (Å²) < 4.78 is 0. The van der Waals surface area contributed by atoms with Gasteiger partial charge in [0.25, 0.3) is 0 Å². The molecule has 0 aliphatic heterocycles. The minimum Gasteiger partial charge on any atom is -0.386 e. The first-order chi connectivity index (χ1) is 15.6. The largest absolute Gasteiger partial charge is 0.386 e. The highest BCUT2D eigenvalue weighted by atomic mass is 16.6. The summed E-state index contributed by atoms with van der Waals surface area (Å²) in [5, 5.41) is 64.9. The average molecular weight is 480 g/mol. The van der Waals surface area contributed by atoms with Crippen molar-refractivity contribution >= 4 is 6.29 Å². The molecule has 0 aromatic carbocycles. The summed E-state index contributed by atoms with van der Waals surface area (Å²) in [6.45, 7) is 1.90. The molecule has 192 valence electrons. The molecule has 6 atom stereocenters. The number of carbonyl (C=O) groups excluding carboxylic acids is 1. The van der Waals surface area contributed by atoms with Gasteiger partial charge in [-0.1, -0.05) is 39.0 Å². The second-order valence-electron chi connectivity index (χ2n) is 8.39. The van der Waals surface area contributed by atoms with Gasteiger partial charge in [-0.2, -0.15) is 0 Å². The van der Waals surface area contributed by atoms with Crippen LogP contribution in [0.1, 0.15) is 84.0 Å². The summed E-state index contributed by atoms with van der Waals surface area (Å²) in [6, 6.07) is -4.99. The molecule has 6 unspecified atom stereocenters. The maximum atomic E-state index is 11.5. The molecule has 0 fully saturated rings. The van der Waals surface area contributed by atoms with Gasteiger partial charge in [0.1, 0.15) is 24.6 Å². The van der Waals surface area contributed by atoms with E-state index in [1.807, 2.05) is 6.92 Å². The van der Waals surface area contributed by atoms with E-state index in [-0.39, 0.29) is 12.8 Å². The van der Waals surface area contributed by atoms with Crippen molar-refractivity contribution in [3.63, 3.8) is 0 Å². The third-order valence-electron chi connectivity index (χ3n) is 5.79. The first kappa shape index (κ1) is 30.8. The van der Waals surface area contributed by atoms with Gasteiger partial charge < -0.3 is 20.1 Å². The fraction of sp³-hybridized carbons (Fsp3) is 0.950. The van der Waals surface area contributed by atoms with Crippen LogP contribution in [0.4, 0.5) is 0 Å². The first-order valence-electron chi connectivity index (χ1n) is 11.4. The van der Waals surface area contributed by atoms with Crippen LogP contribution in [0.3, 0.4) is 0 Å². The smallest absolute Gasteiger partial charge is 0.245 e. The molecule has 0 heterocycles. The van der Waals surface area contributed by atoms with Gasteiger partial charge in [0.05, 0.1) is 6.42 Å². The lowest BCUT2D eigenvalue weighted by atomic mass is 9.91. The van der Waals surface area contributed by atoms with Crippen molar-refractivity contribution in [3.05, 3.63) is 30.3 Å². The van der Waals surface area contributed by atoms with Crippen LogP contribution in [0.25, 0.3) is 0 Å². The highest BCUT2D eigenvalue weighted by Crippen LogP contribution is 2.21. The zero-order chi connectivity index (χ0) is 25.4. The molecule has 3 N–H and O–H groups in total. The fourth-order valence-corrected chi connectivity index (χ4v) is 3.75. The first-order valence-corrected chi connectivity index (χ1v) is 11.4. The molecule has 0 aromatic rings. The Morgan fingerprint density at radius 1 is 0.667 bits per heavy atom. The maximum Gasteiger partial charge on any atom is 0.245 e. The molecule has 0 aliphatic carbocycles. The monoisotopic (exact) mass is 479 g/mol. The van der Waals surface area contributed by atoms with Gasteiger partial charge in [0.15, 0.2) is 0 Å². The van der Waals surface area contributed by atoms with Crippen molar-refractivity contribution in [2.75, 3.05) is 0 Å². The SMILES string of the molecule is CCCCCC(C(O)CC(O)C(CC(C(O)CCCCCCC=O)[N+](=O)[O-])[N+](=O)[O-])[N+](=O)[O-]. The predicted octanol–water partition coefficient (Wildman–Crippen LogP) is 1.91. The van der Waals surface area contributed by atoms with Crippen molar-refractivity contribution in [1.29, 1.82) is 0 Å². The van der Waals surface area contributed by atoms with Gasteiger partial charge >= 0.3 is 0 Å². The van der Waals surface area contributed by atoms with Crippen molar-refractivity contribution in [2.45, 2.75) is 120 Å². The molecule has 0 spiro atoms. The summed E-state index contributed by atoms with van der Waals surface area (Å²) in [6.07, 6.45) is -0.783. The molecule has 0 amide bonds. The number of nitrogens with zero attached hydrogens (tertiary/aromatic N) is 3. The number of aldehydes is 1. The lowest BCUT2D eigenvalue weighted by Crippen LogP contribution is -2.46. The van der Waals surface area contributed by atoms with Gasteiger partial charge in [-0.3, -0.25) is 30.3 Å². The van der Waals surface area contributed by atoms with E-state index in [9.17, 15) is 50.5 Å². The lowest BCUT2D eigenvalue weighted by Gasteiger charge is -2.23. The van der Waals surface area contributed by atoms with Crippen molar-refractivity contribution in [2.24, 2.45) is 0 Å². The molecule has 13 heteroatoms. The van der Waals surface area contributed by atoms with Crippen LogP contribution in [0.2, 0.25) is 0 Å². The quantitative estimate of drug-likeness (QED) is 0.0942. The Bertz CT molecular complexity index is 607. The molecular formula is C20H37N3O10. The van der Waals surface area contributed by atoms with Gasteiger partial charge in [-0.05, 0) is 19.3 Å². The Morgan fingerprint density at radius 2 is 1.15 bits per heavy atom.